The van der Waals surface area contributed by atoms with Crippen molar-refractivity contribution in [2.75, 3.05) is 46.6 Å². The van der Waals surface area contributed by atoms with E-state index in [9.17, 15) is 14.4 Å². The van der Waals surface area contributed by atoms with Gasteiger partial charge in [0.15, 0.2) is 0 Å². The number of carbonyl (C=O) groups is 3. The van der Waals surface area contributed by atoms with Crippen LogP contribution in [0, 0.1) is 0 Å². The van der Waals surface area contributed by atoms with Crippen LogP contribution in [-0.2, 0) is 28.6 Å². The van der Waals surface area contributed by atoms with Crippen molar-refractivity contribution in [1.29, 1.82) is 0 Å². The van der Waals surface area contributed by atoms with Crippen molar-refractivity contribution in [3.63, 3.8) is 0 Å². The molecule has 0 saturated heterocycles. The Balaban J connectivity index is 1.40. The second-order valence-corrected chi connectivity index (χ2v) is 9.38. The Bertz CT molecular complexity index is 1290. The van der Waals surface area contributed by atoms with Gasteiger partial charge in [0.05, 0.1) is 29.1 Å². The number of likely N-dealkylation sites (N-methyl/N-ethyl adjacent to an activating group) is 1. The zero-order valence-electron chi connectivity index (χ0n) is 21.9. The topological polar surface area (TPSA) is 85.4 Å². The maximum Gasteiger partial charge on any atom is 0.330 e. The van der Waals surface area contributed by atoms with Crippen LogP contribution in [0.5, 0.6) is 0 Å². The summed E-state index contributed by atoms with van der Waals surface area (Å²) in [7, 11) is 1.70. The molecule has 2 amide bonds. The summed E-state index contributed by atoms with van der Waals surface area (Å²) in [6.45, 7) is 5.65. The molecule has 0 fully saturated rings. The number of amides is 2. The minimum atomic E-state index is -0.471. The van der Waals surface area contributed by atoms with Gasteiger partial charge in [-0.2, -0.15) is 0 Å². The summed E-state index contributed by atoms with van der Waals surface area (Å²) < 4.78 is 16.0. The van der Waals surface area contributed by atoms with E-state index in [-0.39, 0.29) is 18.4 Å². The number of hydrogen-bond donors (Lipinski definition) is 0. The van der Waals surface area contributed by atoms with Crippen LogP contribution in [0.1, 0.15) is 24.0 Å². The zero-order valence-corrected chi connectivity index (χ0v) is 22.6. The van der Waals surface area contributed by atoms with Gasteiger partial charge >= 0.3 is 5.97 Å². The van der Waals surface area contributed by atoms with Crippen molar-refractivity contribution in [3.8, 4) is 0 Å². The third-order valence-electron chi connectivity index (χ3n) is 6.36. The van der Waals surface area contributed by atoms with Crippen LogP contribution < -0.4 is 0 Å². The summed E-state index contributed by atoms with van der Waals surface area (Å²) >= 11 is 6.12. The van der Waals surface area contributed by atoms with Gasteiger partial charge in [0.1, 0.15) is 6.61 Å². The molecule has 2 aromatic carbocycles. The molecule has 0 saturated carbocycles. The molecule has 0 spiro atoms. The predicted molar refractivity (Wildman–Crippen MR) is 148 cm³/mol. The molecule has 0 bridgehead atoms. The summed E-state index contributed by atoms with van der Waals surface area (Å²) in [5, 5.41) is 0.575. The lowest BCUT2D eigenvalue weighted by Crippen LogP contribution is -2.29. The van der Waals surface area contributed by atoms with E-state index in [0.717, 1.165) is 17.2 Å². The van der Waals surface area contributed by atoms with Crippen molar-refractivity contribution in [3.05, 3.63) is 94.5 Å². The molecule has 2 aliphatic rings. The minimum Gasteiger partial charge on any atom is -0.460 e. The monoisotopic (exact) mass is 550 g/mol. The second kappa shape index (κ2) is 13.4. The maximum atomic E-state index is 13.8. The minimum absolute atomic E-state index is 0.182. The number of halogens is 1. The third kappa shape index (κ3) is 6.47. The van der Waals surface area contributed by atoms with Gasteiger partial charge in [0, 0.05) is 44.5 Å². The molecule has 2 aliphatic heterocycles. The van der Waals surface area contributed by atoms with Crippen LogP contribution in [-0.4, -0.2) is 74.2 Å². The predicted octanol–water partition coefficient (Wildman–Crippen LogP) is 4.32. The van der Waals surface area contributed by atoms with Crippen molar-refractivity contribution in [2.45, 2.75) is 12.8 Å². The highest BCUT2D eigenvalue weighted by Crippen LogP contribution is 2.45. The molecule has 0 atom stereocenters. The maximum absolute atomic E-state index is 13.8. The number of carbonyl (C=O) groups excluding carboxylic acids is 3. The number of rotatable bonds is 14. The van der Waals surface area contributed by atoms with Crippen molar-refractivity contribution in [2.24, 2.45) is 0 Å². The first-order valence-corrected chi connectivity index (χ1v) is 13.2. The van der Waals surface area contributed by atoms with Gasteiger partial charge in [-0.05, 0) is 36.1 Å². The van der Waals surface area contributed by atoms with Gasteiger partial charge in [-0.1, -0.05) is 60.6 Å². The summed E-state index contributed by atoms with van der Waals surface area (Å²) in [5.41, 5.74) is 3.63. The lowest BCUT2D eigenvalue weighted by molar-refractivity contribution is -0.139. The standard InChI is InChI=1S/C30H31ClN2O6/c1-3-24(34)39-20-19-38-18-8-17-37-16-7-15-33-28(22-11-13-23(31)14-12-22)26-25(30(33)36)27(32(2)29(26)35)21-9-5-4-6-10-21/h3-6,9-14H,1,7-8,15-20H2,2H3. The molecular formula is C30H31ClN2O6. The fourth-order valence-electron chi connectivity index (χ4n) is 4.57. The fraction of sp³-hybridized carbons (Fsp3) is 0.300. The molecule has 2 heterocycles. The normalized spacial score (nSPS) is 14.9. The van der Waals surface area contributed by atoms with Crippen molar-refractivity contribution < 1.29 is 28.6 Å². The van der Waals surface area contributed by atoms with E-state index in [4.69, 9.17) is 25.8 Å². The lowest BCUT2D eigenvalue weighted by Gasteiger charge is -2.23. The number of nitrogens with zero attached hydrogens (tertiary/aromatic N) is 2. The Morgan fingerprint density at radius 1 is 0.821 bits per heavy atom. The Morgan fingerprint density at radius 2 is 1.44 bits per heavy atom. The van der Waals surface area contributed by atoms with Gasteiger partial charge in [0.25, 0.3) is 11.8 Å². The molecule has 9 heteroatoms. The van der Waals surface area contributed by atoms with E-state index in [0.29, 0.717) is 73.4 Å². The smallest absolute Gasteiger partial charge is 0.330 e. The largest absolute Gasteiger partial charge is 0.460 e. The highest BCUT2D eigenvalue weighted by molar-refractivity contribution is 6.31. The molecule has 0 aromatic heterocycles. The molecule has 8 nitrogen and oxygen atoms in total. The number of benzene rings is 2. The first kappa shape index (κ1) is 28.3. The average molecular weight is 551 g/mol. The number of esters is 1. The Kier molecular flexibility index (Phi) is 9.70. The van der Waals surface area contributed by atoms with E-state index in [2.05, 4.69) is 6.58 Å². The molecule has 4 rings (SSSR count). The van der Waals surface area contributed by atoms with Crippen molar-refractivity contribution in [1.82, 2.24) is 9.80 Å². The van der Waals surface area contributed by atoms with E-state index < -0.39 is 5.97 Å². The molecule has 0 radical (unpaired) electrons. The number of fused-ring (bicyclic) bond motifs is 1. The molecule has 2 aromatic rings. The van der Waals surface area contributed by atoms with Crippen LogP contribution >= 0.6 is 11.6 Å². The molecular weight excluding hydrogens is 520 g/mol. The molecule has 0 aliphatic carbocycles. The van der Waals surface area contributed by atoms with E-state index in [1.54, 1.807) is 29.0 Å². The van der Waals surface area contributed by atoms with E-state index >= 15 is 0 Å². The fourth-order valence-corrected chi connectivity index (χ4v) is 4.69. The average Bonchev–Trinajstić information content (AvgIpc) is 3.38. The summed E-state index contributed by atoms with van der Waals surface area (Å²) in [6.07, 6.45) is 2.39. The van der Waals surface area contributed by atoms with Gasteiger partial charge in [-0.25, -0.2) is 4.79 Å². The number of hydrogen-bond acceptors (Lipinski definition) is 6. The number of ether oxygens (including phenoxy) is 3. The molecule has 204 valence electrons. The van der Waals surface area contributed by atoms with Crippen LogP contribution in [0.15, 0.2) is 78.4 Å². The zero-order chi connectivity index (χ0) is 27.8. The highest BCUT2D eigenvalue weighted by atomic mass is 35.5. The molecule has 0 N–H and O–H groups in total. The van der Waals surface area contributed by atoms with Crippen LogP contribution in [0.25, 0.3) is 11.4 Å². The SMILES string of the molecule is C=CC(=O)OCCOCCCOCCCN1C(=O)C2=C(c3ccccc3)N(C)C(=O)C2=C1c1ccc(Cl)cc1. The lowest BCUT2D eigenvalue weighted by atomic mass is 10.0. The van der Waals surface area contributed by atoms with Crippen molar-refractivity contribution >= 4 is 40.8 Å². The highest BCUT2D eigenvalue weighted by Gasteiger charge is 2.47. The molecule has 39 heavy (non-hydrogen) atoms. The summed E-state index contributed by atoms with van der Waals surface area (Å²) in [6, 6.07) is 16.6. The third-order valence-corrected chi connectivity index (χ3v) is 6.61. The Labute approximate surface area is 233 Å². The Morgan fingerprint density at radius 3 is 2.13 bits per heavy atom. The van der Waals surface area contributed by atoms with Gasteiger partial charge in [0.2, 0.25) is 0 Å². The molecule has 0 unspecified atom stereocenters. The van der Waals surface area contributed by atoms with Gasteiger partial charge in [-0.15, -0.1) is 0 Å². The summed E-state index contributed by atoms with van der Waals surface area (Å²) in [4.78, 5) is 41.5. The van der Waals surface area contributed by atoms with E-state index in [1.807, 2.05) is 42.5 Å². The van der Waals surface area contributed by atoms with Gasteiger partial charge in [-0.3, -0.25) is 9.59 Å². The second-order valence-electron chi connectivity index (χ2n) is 8.94. The van der Waals surface area contributed by atoms with Crippen LogP contribution in [0.4, 0.5) is 0 Å². The van der Waals surface area contributed by atoms with E-state index in [1.165, 1.54) is 0 Å². The first-order chi connectivity index (χ1) is 18.9. The van der Waals surface area contributed by atoms with Crippen LogP contribution in [0.2, 0.25) is 5.02 Å². The van der Waals surface area contributed by atoms with Gasteiger partial charge < -0.3 is 24.0 Å². The first-order valence-electron chi connectivity index (χ1n) is 12.8. The van der Waals surface area contributed by atoms with Crippen LogP contribution in [0.3, 0.4) is 0 Å². The summed E-state index contributed by atoms with van der Waals surface area (Å²) in [5.74, 6) is -0.877. The Hall–Kier alpha value is -3.72. The quantitative estimate of drug-likeness (QED) is 0.198.